The Hall–Kier alpha value is -0.690. The normalized spacial score (nSPS) is 13.8. The van der Waals surface area contributed by atoms with Crippen molar-refractivity contribution in [2.24, 2.45) is 5.92 Å². The van der Waals surface area contributed by atoms with Crippen molar-refractivity contribution in [2.75, 3.05) is 6.54 Å². The standard InChI is InChI=1S/C12H17ClFNO3S/c1-8(2)5-9(16)7-15-19(17,18)10-3-4-12(14)11(13)6-10/h3-4,6,8-9,15-16H,5,7H2,1-2H3. The average molecular weight is 310 g/mol. The van der Waals surface area contributed by atoms with Crippen molar-refractivity contribution >= 4 is 21.6 Å². The molecule has 0 aliphatic carbocycles. The number of nitrogens with one attached hydrogen (secondary N) is 1. The van der Waals surface area contributed by atoms with Crippen LogP contribution < -0.4 is 4.72 Å². The summed E-state index contributed by atoms with van der Waals surface area (Å²) in [4.78, 5) is -0.129. The van der Waals surface area contributed by atoms with Gasteiger partial charge in [-0.2, -0.15) is 0 Å². The largest absolute Gasteiger partial charge is 0.392 e. The summed E-state index contributed by atoms with van der Waals surface area (Å²) in [5.41, 5.74) is 0. The summed E-state index contributed by atoms with van der Waals surface area (Å²) in [6.07, 6.45) is -0.266. The number of benzene rings is 1. The lowest BCUT2D eigenvalue weighted by molar-refractivity contribution is 0.152. The summed E-state index contributed by atoms with van der Waals surface area (Å²) in [5, 5.41) is 9.36. The van der Waals surface area contributed by atoms with E-state index in [9.17, 15) is 17.9 Å². The Morgan fingerprint density at radius 3 is 2.58 bits per heavy atom. The second-order valence-electron chi connectivity index (χ2n) is 4.71. The van der Waals surface area contributed by atoms with E-state index in [1.54, 1.807) is 0 Å². The second-order valence-corrected chi connectivity index (χ2v) is 6.89. The SMILES string of the molecule is CC(C)CC(O)CNS(=O)(=O)c1ccc(F)c(Cl)c1. The molecule has 19 heavy (non-hydrogen) atoms. The lowest BCUT2D eigenvalue weighted by Crippen LogP contribution is -2.32. The maximum atomic E-state index is 13.0. The van der Waals surface area contributed by atoms with Crippen LogP contribution in [0, 0.1) is 11.7 Å². The van der Waals surface area contributed by atoms with Crippen LogP contribution in [0.1, 0.15) is 20.3 Å². The van der Waals surface area contributed by atoms with Crippen molar-refractivity contribution in [1.82, 2.24) is 4.72 Å². The fourth-order valence-electron chi connectivity index (χ4n) is 1.56. The highest BCUT2D eigenvalue weighted by Crippen LogP contribution is 2.19. The minimum atomic E-state index is -3.79. The molecule has 0 amide bonds. The van der Waals surface area contributed by atoms with E-state index in [4.69, 9.17) is 11.6 Å². The Morgan fingerprint density at radius 1 is 1.42 bits per heavy atom. The van der Waals surface area contributed by atoms with E-state index in [-0.39, 0.29) is 22.4 Å². The summed E-state index contributed by atoms with van der Waals surface area (Å²) in [7, 11) is -3.79. The molecular formula is C12H17ClFNO3S. The van der Waals surface area contributed by atoms with Gasteiger partial charge in [0, 0.05) is 6.54 Å². The van der Waals surface area contributed by atoms with Gasteiger partial charge in [0.25, 0.3) is 0 Å². The van der Waals surface area contributed by atoms with Crippen LogP contribution in [0.2, 0.25) is 5.02 Å². The molecule has 0 saturated heterocycles. The van der Waals surface area contributed by atoms with Gasteiger partial charge in [-0.15, -0.1) is 0 Å². The van der Waals surface area contributed by atoms with Gasteiger partial charge in [0.05, 0.1) is 16.0 Å². The molecule has 1 atom stereocenters. The van der Waals surface area contributed by atoms with Crippen LogP contribution in [0.3, 0.4) is 0 Å². The number of aliphatic hydroxyl groups is 1. The van der Waals surface area contributed by atoms with Crippen molar-refractivity contribution in [3.63, 3.8) is 0 Å². The van der Waals surface area contributed by atoms with Gasteiger partial charge < -0.3 is 5.11 Å². The van der Waals surface area contributed by atoms with Crippen molar-refractivity contribution < 1.29 is 17.9 Å². The Labute approximate surface area is 117 Å². The molecule has 0 fully saturated rings. The van der Waals surface area contributed by atoms with Crippen LogP contribution in [-0.2, 0) is 10.0 Å². The van der Waals surface area contributed by atoms with Gasteiger partial charge in [0.1, 0.15) is 5.82 Å². The summed E-state index contributed by atoms with van der Waals surface area (Å²) < 4.78 is 39.0. The minimum Gasteiger partial charge on any atom is -0.392 e. The van der Waals surface area contributed by atoms with Gasteiger partial charge in [0.15, 0.2) is 0 Å². The fraction of sp³-hybridized carbons (Fsp3) is 0.500. The molecule has 1 rings (SSSR count). The highest BCUT2D eigenvalue weighted by molar-refractivity contribution is 7.89. The number of rotatable bonds is 6. The molecule has 0 saturated carbocycles. The van der Waals surface area contributed by atoms with E-state index in [1.165, 1.54) is 0 Å². The third kappa shape index (κ3) is 5.06. The Morgan fingerprint density at radius 2 is 2.05 bits per heavy atom. The van der Waals surface area contributed by atoms with Gasteiger partial charge in [-0.3, -0.25) is 0 Å². The third-order valence-electron chi connectivity index (χ3n) is 2.45. The highest BCUT2D eigenvalue weighted by atomic mass is 35.5. The lowest BCUT2D eigenvalue weighted by atomic mass is 10.1. The number of hydrogen-bond donors (Lipinski definition) is 2. The van der Waals surface area contributed by atoms with Crippen LogP contribution in [-0.4, -0.2) is 26.2 Å². The van der Waals surface area contributed by atoms with Crippen LogP contribution >= 0.6 is 11.6 Å². The van der Waals surface area contributed by atoms with Crippen molar-refractivity contribution in [3.8, 4) is 0 Å². The average Bonchev–Trinajstić information content (AvgIpc) is 2.29. The maximum absolute atomic E-state index is 13.0. The molecule has 1 aromatic rings. The minimum absolute atomic E-state index is 0.0878. The lowest BCUT2D eigenvalue weighted by Gasteiger charge is -2.14. The highest BCUT2D eigenvalue weighted by Gasteiger charge is 2.17. The van der Waals surface area contributed by atoms with Gasteiger partial charge >= 0.3 is 0 Å². The van der Waals surface area contributed by atoms with Crippen LogP contribution in [0.5, 0.6) is 0 Å². The molecule has 2 N–H and O–H groups in total. The molecule has 4 nitrogen and oxygen atoms in total. The number of hydrogen-bond acceptors (Lipinski definition) is 3. The van der Waals surface area contributed by atoms with Crippen LogP contribution in [0.4, 0.5) is 4.39 Å². The molecule has 0 aliphatic heterocycles. The van der Waals surface area contributed by atoms with E-state index in [0.717, 1.165) is 18.2 Å². The first-order chi connectivity index (χ1) is 8.72. The zero-order chi connectivity index (χ0) is 14.6. The molecule has 7 heteroatoms. The molecule has 0 aliphatic rings. The second kappa shape index (κ2) is 6.65. The third-order valence-corrected chi connectivity index (χ3v) is 4.16. The van der Waals surface area contributed by atoms with Crippen LogP contribution in [0.25, 0.3) is 0 Å². The van der Waals surface area contributed by atoms with Crippen molar-refractivity contribution in [3.05, 3.63) is 29.0 Å². The smallest absolute Gasteiger partial charge is 0.240 e. The van der Waals surface area contributed by atoms with E-state index < -0.39 is 21.9 Å². The fourth-order valence-corrected chi connectivity index (χ4v) is 2.90. The first-order valence-electron chi connectivity index (χ1n) is 5.85. The number of halogens is 2. The van der Waals surface area contributed by atoms with Crippen molar-refractivity contribution in [1.29, 1.82) is 0 Å². The number of aliphatic hydroxyl groups excluding tert-OH is 1. The quantitative estimate of drug-likeness (QED) is 0.846. The summed E-state index contributed by atoms with van der Waals surface area (Å²) in [5.74, 6) is -0.416. The summed E-state index contributed by atoms with van der Waals surface area (Å²) in [6, 6.07) is 3.15. The maximum Gasteiger partial charge on any atom is 0.240 e. The van der Waals surface area contributed by atoms with Gasteiger partial charge in [-0.05, 0) is 30.5 Å². The Balaban J connectivity index is 2.73. The van der Waals surface area contributed by atoms with Gasteiger partial charge in [-0.1, -0.05) is 25.4 Å². The van der Waals surface area contributed by atoms with E-state index in [1.807, 2.05) is 13.8 Å². The van der Waals surface area contributed by atoms with E-state index >= 15 is 0 Å². The molecule has 0 aromatic heterocycles. The molecule has 0 heterocycles. The topological polar surface area (TPSA) is 66.4 Å². The molecular weight excluding hydrogens is 293 g/mol. The molecule has 0 spiro atoms. The predicted molar refractivity (Wildman–Crippen MR) is 72.1 cm³/mol. The zero-order valence-electron chi connectivity index (χ0n) is 10.7. The molecule has 1 aromatic carbocycles. The summed E-state index contributed by atoms with van der Waals surface area (Å²) >= 11 is 5.53. The molecule has 1 unspecified atom stereocenters. The van der Waals surface area contributed by atoms with E-state index in [2.05, 4.69) is 4.72 Å². The predicted octanol–water partition coefficient (Wildman–Crippen LogP) is 2.16. The number of sulfonamides is 1. The zero-order valence-corrected chi connectivity index (χ0v) is 12.3. The van der Waals surface area contributed by atoms with Gasteiger partial charge in [0.2, 0.25) is 10.0 Å². The molecule has 0 radical (unpaired) electrons. The Kier molecular flexibility index (Phi) is 5.73. The van der Waals surface area contributed by atoms with Crippen molar-refractivity contribution in [2.45, 2.75) is 31.3 Å². The monoisotopic (exact) mass is 309 g/mol. The Bertz CT molecular complexity index is 534. The molecule has 0 bridgehead atoms. The first-order valence-corrected chi connectivity index (χ1v) is 7.71. The molecule has 108 valence electrons. The van der Waals surface area contributed by atoms with Crippen LogP contribution in [0.15, 0.2) is 23.1 Å². The van der Waals surface area contributed by atoms with Gasteiger partial charge in [-0.25, -0.2) is 17.5 Å². The van der Waals surface area contributed by atoms with E-state index in [0.29, 0.717) is 6.42 Å². The first kappa shape index (κ1) is 16.4. The summed E-state index contributed by atoms with van der Waals surface area (Å²) in [6.45, 7) is 3.77.